The summed E-state index contributed by atoms with van der Waals surface area (Å²) in [5.41, 5.74) is 0. The molecule has 0 aromatic rings. The highest BCUT2D eigenvalue weighted by Crippen LogP contribution is 2.21. The number of carboxylic acid groups (broad SMARTS) is 1. The zero-order chi connectivity index (χ0) is 15.0. The SMILES string of the molecule is CCNC(=O)CNC(=O)N1CCC(CCC(=O)O)CC1. The highest BCUT2D eigenvalue weighted by atomic mass is 16.4. The van der Waals surface area contributed by atoms with E-state index in [0.717, 1.165) is 12.8 Å². The first-order chi connectivity index (χ1) is 9.52. The van der Waals surface area contributed by atoms with Crippen LogP contribution in [0.25, 0.3) is 0 Å². The molecule has 0 aromatic heterocycles. The number of carboxylic acids is 1. The molecule has 0 aliphatic carbocycles. The van der Waals surface area contributed by atoms with Crippen LogP contribution in [0.4, 0.5) is 4.79 Å². The number of carbonyl (C=O) groups is 3. The quantitative estimate of drug-likeness (QED) is 0.658. The third kappa shape index (κ3) is 5.90. The summed E-state index contributed by atoms with van der Waals surface area (Å²) in [5.74, 6) is -0.595. The largest absolute Gasteiger partial charge is 0.481 e. The third-order valence-electron chi connectivity index (χ3n) is 3.44. The van der Waals surface area contributed by atoms with Gasteiger partial charge < -0.3 is 20.6 Å². The van der Waals surface area contributed by atoms with Crippen LogP contribution in [0, 0.1) is 5.92 Å². The summed E-state index contributed by atoms with van der Waals surface area (Å²) in [7, 11) is 0. The van der Waals surface area contributed by atoms with Gasteiger partial charge in [-0.15, -0.1) is 0 Å². The standard InChI is InChI=1S/C13H23N3O4/c1-2-14-11(17)9-15-13(20)16-7-5-10(6-8-16)3-4-12(18)19/h10H,2-9H2,1H3,(H,14,17)(H,15,20)(H,18,19). The molecule has 114 valence electrons. The Hall–Kier alpha value is -1.79. The summed E-state index contributed by atoms with van der Waals surface area (Å²) in [6, 6.07) is -0.229. The molecule has 0 aromatic carbocycles. The van der Waals surface area contributed by atoms with Crippen molar-refractivity contribution in [3.05, 3.63) is 0 Å². The van der Waals surface area contributed by atoms with E-state index in [1.165, 1.54) is 0 Å². The van der Waals surface area contributed by atoms with Gasteiger partial charge >= 0.3 is 12.0 Å². The number of carbonyl (C=O) groups excluding carboxylic acids is 2. The third-order valence-corrected chi connectivity index (χ3v) is 3.44. The lowest BCUT2D eigenvalue weighted by Gasteiger charge is -2.31. The van der Waals surface area contributed by atoms with Crippen LogP contribution >= 0.6 is 0 Å². The van der Waals surface area contributed by atoms with Crippen LogP contribution in [-0.2, 0) is 9.59 Å². The second kappa shape index (κ2) is 8.39. The van der Waals surface area contributed by atoms with Gasteiger partial charge in [-0.2, -0.15) is 0 Å². The molecule has 3 amide bonds. The van der Waals surface area contributed by atoms with Crippen molar-refractivity contribution in [1.82, 2.24) is 15.5 Å². The van der Waals surface area contributed by atoms with Crippen LogP contribution in [0.15, 0.2) is 0 Å². The Balaban J connectivity index is 2.21. The second-order valence-corrected chi connectivity index (χ2v) is 4.98. The van der Waals surface area contributed by atoms with Gasteiger partial charge in [0.2, 0.25) is 5.91 Å². The molecule has 0 radical (unpaired) electrons. The minimum Gasteiger partial charge on any atom is -0.481 e. The maximum atomic E-state index is 11.8. The van der Waals surface area contributed by atoms with Crippen molar-refractivity contribution in [2.45, 2.75) is 32.6 Å². The lowest BCUT2D eigenvalue weighted by Crippen LogP contribution is -2.47. The Morgan fingerprint density at radius 1 is 1.20 bits per heavy atom. The first kappa shape index (κ1) is 16.3. The lowest BCUT2D eigenvalue weighted by molar-refractivity contribution is -0.137. The maximum absolute atomic E-state index is 11.8. The van der Waals surface area contributed by atoms with Crippen molar-refractivity contribution >= 4 is 17.9 Å². The molecule has 1 aliphatic rings. The van der Waals surface area contributed by atoms with Crippen LogP contribution in [0.3, 0.4) is 0 Å². The van der Waals surface area contributed by atoms with Crippen LogP contribution in [0.1, 0.15) is 32.6 Å². The van der Waals surface area contributed by atoms with Crippen molar-refractivity contribution in [3.8, 4) is 0 Å². The number of hydrogen-bond donors (Lipinski definition) is 3. The normalized spacial score (nSPS) is 15.8. The number of amides is 3. The van der Waals surface area contributed by atoms with Gasteiger partial charge in [0.25, 0.3) is 0 Å². The number of likely N-dealkylation sites (tertiary alicyclic amines) is 1. The summed E-state index contributed by atoms with van der Waals surface area (Å²) in [5, 5.41) is 13.8. The van der Waals surface area contributed by atoms with Gasteiger partial charge in [-0.25, -0.2) is 4.79 Å². The summed E-state index contributed by atoms with van der Waals surface area (Å²) in [6.45, 7) is 3.59. The number of nitrogens with zero attached hydrogens (tertiary/aromatic N) is 1. The fourth-order valence-corrected chi connectivity index (χ4v) is 2.28. The molecule has 1 fully saturated rings. The number of aliphatic carboxylic acids is 1. The topological polar surface area (TPSA) is 98.7 Å². The summed E-state index contributed by atoms with van der Waals surface area (Å²) in [6.07, 6.45) is 2.50. The summed E-state index contributed by atoms with van der Waals surface area (Å²) in [4.78, 5) is 35.2. The molecule has 1 aliphatic heterocycles. The highest BCUT2D eigenvalue weighted by molar-refractivity contribution is 5.83. The molecular formula is C13H23N3O4. The van der Waals surface area contributed by atoms with E-state index in [2.05, 4.69) is 10.6 Å². The summed E-state index contributed by atoms with van der Waals surface area (Å²) < 4.78 is 0. The molecule has 0 bridgehead atoms. The average Bonchev–Trinajstić information content (AvgIpc) is 2.43. The van der Waals surface area contributed by atoms with Crippen LogP contribution in [-0.4, -0.2) is 54.1 Å². The molecule has 0 atom stereocenters. The number of likely N-dealkylation sites (N-methyl/N-ethyl adjacent to an activating group) is 1. The van der Waals surface area contributed by atoms with Crippen molar-refractivity contribution in [1.29, 1.82) is 0 Å². The van der Waals surface area contributed by atoms with Crippen molar-refractivity contribution < 1.29 is 19.5 Å². The second-order valence-electron chi connectivity index (χ2n) is 4.98. The predicted molar refractivity (Wildman–Crippen MR) is 73.2 cm³/mol. The Kier molecular flexibility index (Phi) is 6.83. The molecule has 20 heavy (non-hydrogen) atoms. The van der Waals surface area contributed by atoms with E-state index in [1.807, 2.05) is 6.92 Å². The van der Waals surface area contributed by atoms with Gasteiger partial charge in [0.05, 0.1) is 6.54 Å². The molecule has 7 heteroatoms. The molecule has 1 saturated heterocycles. The molecular weight excluding hydrogens is 262 g/mol. The van der Waals surface area contributed by atoms with Gasteiger partial charge in [0, 0.05) is 26.1 Å². The minimum atomic E-state index is -0.771. The molecule has 1 heterocycles. The molecule has 0 unspecified atom stereocenters. The Labute approximate surface area is 118 Å². The van der Waals surface area contributed by atoms with Crippen LogP contribution < -0.4 is 10.6 Å². The first-order valence-corrected chi connectivity index (χ1v) is 7.04. The molecule has 1 rings (SSSR count). The van der Waals surface area contributed by atoms with E-state index in [-0.39, 0.29) is 24.9 Å². The number of piperidine rings is 1. The number of nitrogens with one attached hydrogen (secondary N) is 2. The number of rotatable bonds is 6. The van der Waals surface area contributed by atoms with Gasteiger partial charge in [-0.3, -0.25) is 9.59 Å². The lowest BCUT2D eigenvalue weighted by atomic mass is 9.92. The Morgan fingerprint density at radius 2 is 1.85 bits per heavy atom. The van der Waals surface area contributed by atoms with Gasteiger partial charge in [0.1, 0.15) is 0 Å². The molecule has 0 saturated carbocycles. The first-order valence-electron chi connectivity index (χ1n) is 7.04. The van der Waals surface area contributed by atoms with E-state index >= 15 is 0 Å². The van der Waals surface area contributed by atoms with E-state index in [9.17, 15) is 14.4 Å². The monoisotopic (exact) mass is 285 g/mol. The average molecular weight is 285 g/mol. The zero-order valence-electron chi connectivity index (χ0n) is 11.9. The molecule has 0 spiro atoms. The molecule has 7 nitrogen and oxygen atoms in total. The van der Waals surface area contributed by atoms with Crippen LogP contribution in [0.5, 0.6) is 0 Å². The van der Waals surface area contributed by atoms with Gasteiger partial charge in [-0.1, -0.05) is 0 Å². The maximum Gasteiger partial charge on any atom is 0.317 e. The number of urea groups is 1. The van der Waals surface area contributed by atoms with Crippen LogP contribution in [0.2, 0.25) is 0 Å². The predicted octanol–water partition coefficient (Wildman–Crippen LogP) is 0.409. The molecule has 3 N–H and O–H groups in total. The van der Waals surface area contributed by atoms with E-state index in [0.29, 0.717) is 32.0 Å². The smallest absolute Gasteiger partial charge is 0.317 e. The van der Waals surface area contributed by atoms with Crippen molar-refractivity contribution in [2.75, 3.05) is 26.2 Å². The number of hydrogen-bond acceptors (Lipinski definition) is 3. The Bertz CT molecular complexity index is 352. The summed E-state index contributed by atoms with van der Waals surface area (Å²) >= 11 is 0. The fourth-order valence-electron chi connectivity index (χ4n) is 2.28. The van der Waals surface area contributed by atoms with E-state index in [1.54, 1.807) is 4.90 Å². The van der Waals surface area contributed by atoms with Crippen molar-refractivity contribution in [3.63, 3.8) is 0 Å². The fraction of sp³-hybridized carbons (Fsp3) is 0.769. The van der Waals surface area contributed by atoms with E-state index < -0.39 is 5.97 Å². The van der Waals surface area contributed by atoms with E-state index in [4.69, 9.17) is 5.11 Å². The zero-order valence-corrected chi connectivity index (χ0v) is 11.9. The van der Waals surface area contributed by atoms with Gasteiger partial charge in [0.15, 0.2) is 0 Å². The Morgan fingerprint density at radius 3 is 2.40 bits per heavy atom. The van der Waals surface area contributed by atoms with Gasteiger partial charge in [-0.05, 0) is 32.1 Å². The highest BCUT2D eigenvalue weighted by Gasteiger charge is 2.23. The van der Waals surface area contributed by atoms with Crippen molar-refractivity contribution in [2.24, 2.45) is 5.92 Å². The minimum absolute atomic E-state index is 0.00832.